The Morgan fingerprint density at radius 1 is 1.62 bits per heavy atom. The Hall–Kier alpha value is -0.450. The highest BCUT2D eigenvalue weighted by Crippen LogP contribution is 2.40. The van der Waals surface area contributed by atoms with Crippen LogP contribution in [0, 0.1) is 5.92 Å². The fraction of sp³-hybridized carbons (Fsp3) is 0.750. The van der Waals surface area contributed by atoms with E-state index in [0.717, 1.165) is 6.42 Å². The molecule has 4 heteroatoms. The maximum Gasteiger partial charge on any atom is 0.0940 e. The van der Waals surface area contributed by atoms with Crippen LogP contribution in [-0.2, 0) is 11.2 Å². The van der Waals surface area contributed by atoms with Gasteiger partial charge in [0.2, 0.25) is 0 Å². The summed E-state index contributed by atoms with van der Waals surface area (Å²) in [6, 6.07) is 0.529. The minimum Gasteiger partial charge on any atom is -0.375 e. The predicted molar refractivity (Wildman–Crippen MR) is 64.7 cm³/mol. The van der Waals surface area contributed by atoms with Gasteiger partial charge in [-0.3, -0.25) is 0 Å². The molecule has 2 saturated heterocycles. The smallest absolute Gasteiger partial charge is 0.0940 e. The van der Waals surface area contributed by atoms with Gasteiger partial charge in [0, 0.05) is 30.0 Å². The fourth-order valence-corrected chi connectivity index (χ4v) is 3.79. The molecule has 1 N–H and O–H groups in total. The molecule has 3 rings (SSSR count). The van der Waals surface area contributed by atoms with Gasteiger partial charge in [-0.2, -0.15) is 0 Å². The van der Waals surface area contributed by atoms with Crippen LogP contribution in [0.4, 0.5) is 0 Å². The van der Waals surface area contributed by atoms with E-state index in [-0.39, 0.29) is 0 Å². The van der Waals surface area contributed by atoms with E-state index in [9.17, 15) is 0 Å². The van der Waals surface area contributed by atoms with Crippen LogP contribution in [0.1, 0.15) is 24.3 Å². The zero-order chi connectivity index (χ0) is 11.0. The molecule has 1 aromatic heterocycles. The molecule has 4 unspecified atom stereocenters. The van der Waals surface area contributed by atoms with E-state index in [1.54, 1.807) is 11.3 Å². The molecule has 2 bridgehead atoms. The van der Waals surface area contributed by atoms with E-state index in [1.165, 1.54) is 24.3 Å². The normalized spacial score (nSPS) is 34.4. The van der Waals surface area contributed by atoms with Gasteiger partial charge in [0.15, 0.2) is 0 Å². The van der Waals surface area contributed by atoms with Crippen molar-refractivity contribution < 1.29 is 4.74 Å². The van der Waals surface area contributed by atoms with E-state index in [0.29, 0.717) is 24.2 Å². The van der Waals surface area contributed by atoms with Crippen molar-refractivity contribution in [3.05, 3.63) is 16.6 Å². The third kappa shape index (κ3) is 1.90. The largest absolute Gasteiger partial charge is 0.375 e. The van der Waals surface area contributed by atoms with Crippen molar-refractivity contribution in [3.8, 4) is 0 Å². The number of ether oxygens (including phenoxy) is 1. The lowest BCUT2D eigenvalue weighted by Gasteiger charge is -2.27. The lowest BCUT2D eigenvalue weighted by molar-refractivity contribution is 0.0863. The van der Waals surface area contributed by atoms with Crippen molar-refractivity contribution in [2.24, 2.45) is 5.92 Å². The first-order valence-electron chi connectivity index (χ1n) is 6.08. The summed E-state index contributed by atoms with van der Waals surface area (Å²) in [4.78, 5) is 4.38. The summed E-state index contributed by atoms with van der Waals surface area (Å²) in [6.07, 6.45) is 7.75. The Balaban J connectivity index is 1.67. The average Bonchev–Trinajstić information content (AvgIpc) is 3.02. The van der Waals surface area contributed by atoms with Crippen molar-refractivity contribution in [2.75, 3.05) is 7.05 Å². The molecule has 16 heavy (non-hydrogen) atoms. The molecule has 2 fully saturated rings. The monoisotopic (exact) mass is 238 g/mol. The van der Waals surface area contributed by atoms with Gasteiger partial charge in [0.05, 0.1) is 17.2 Å². The molecule has 3 heterocycles. The quantitative estimate of drug-likeness (QED) is 0.869. The van der Waals surface area contributed by atoms with Gasteiger partial charge < -0.3 is 10.1 Å². The maximum absolute atomic E-state index is 5.93. The molecule has 0 radical (unpaired) electrons. The van der Waals surface area contributed by atoms with Crippen molar-refractivity contribution in [2.45, 2.75) is 43.9 Å². The van der Waals surface area contributed by atoms with Crippen LogP contribution in [0.3, 0.4) is 0 Å². The summed E-state index contributed by atoms with van der Waals surface area (Å²) in [7, 11) is 2.06. The first kappa shape index (κ1) is 10.7. The number of fused-ring (bicyclic) bond motifs is 2. The number of thiazole rings is 1. The Bertz CT molecular complexity index is 341. The molecule has 1 aromatic rings. The van der Waals surface area contributed by atoms with Crippen LogP contribution < -0.4 is 5.32 Å². The van der Waals surface area contributed by atoms with Crippen molar-refractivity contribution in [1.82, 2.24) is 10.3 Å². The van der Waals surface area contributed by atoms with Crippen molar-refractivity contribution in [3.63, 3.8) is 0 Å². The zero-order valence-electron chi connectivity index (χ0n) is 9.56. The zero-order valence-corrected chi connectivity index (χ0v) is 10.4. The number of rotatable bonds is 4. The second kappa shape index (κ2) is 4.43. The number of aromatic nitrogens is 1. The molecule has 3 nitrogen and oxygen atoms in total. The number of nitrogens with zero attached hydrogens (tertiary/aromatic N) is 1. The topological polar surface area (TPSA) is 34.2 Å². The molecule has 0 amide bonds. The summed E-state index contributed by atoms with van der Waals surface area (Å²) in [5.41, 5.74) is 0. The van der Waals surface area contributed by atoms with Gasteiger partial charge >= 0.3 is 0 Å². The number of nitrogens with one attached hydrogen (secondary N) is 1. The molecule has 0 spiro atoms. The molecule has 0 aliphatic carbocycles. The van der Waals surface area contributed by atoms with Crippen molar-refractivity contribution in [1.29, 1.82) is 0 Å². The SMILES string of the molecule is CNC(Cc1nccs1)C1CC2CCC1O2. The maximum atomic E-state index is 5.93. The minimum absolute atomic E-state index is 0.502. The van der Waals surface area contributed by atoms with Gasteiger partial charge in [-0.25, -0.2) is 4.98 Å². The van der Waals surface area contributed by atoms with E-state index in [1.807, 2.05) is 6.20 Å². The summed E-state index contributed by atoms with van der Waals surface area (Å²) in [5.74, 6) is 0.688. The Morgan fingerprint density at radius 2 is 2.56 bits per heavy atom. The van der Waals surface area contributed by atoms with Crippen LogP contribution in [-0.4, -0.2) is 30.3 Å². The van der Waals surface area contributed by atoms with Crippen molar-refractivity contribution >= 4 is 11.3 Å². The van der Waals surface area contributed by atoms with Crippen LogP contribution in [0.15, 0.2) is 11.6 Å². The molecular weight excluding hydrogens is 220 g/mol. The molecule has 0 saturated carbocycles. The second-order valence-corrected chi connectivity index (χ2v) is 5.78. The average molecular weight is 238 g/mol. The standard InChI is InChI=1S/C12H18N2OS/c1-13-10(7-12-14-4-5-16-12)9-6-8-2-3-11(9)15-8/h4-5,8-11,13H,2-3,6-7H2,1H3. The Kier molecular flexibility index (Phi) is 2.96. The highest BCUT2D eigenvalue weighted by atomic mass is 32.1. The van der Waals surface area contributed by atoms with Gasteiger partial charge in [0.1, 0.15) is 0 Å². The molecule has 0 aromatic carbocycles. The van der Waals surface area contributed by atoms with Gasteiger partial charge in [-0.05, 0) is 26.3 Å². The van der Waals surface area contributed by atoms with Gasteiger partial charge in [-0.1, -0.05) is 0 Å². The summed E-state index contributed by atoms with van der Waals surface area (Å²) >= 11 is 1.75. The van der Waals surface area contributed by atoms with E-state index in [2.05, 4.69) is 22.7 Å². The van der Waals surface area contributed by atoms with Crippen LogP contribution >= 0.6 is 11.3 Å². The fourth-order valence-electron chi connectivity index (χ4n) is 3.11. The van der Waals surface area contributed by atoms with Gasteiger partial charge in [-0.15, -0.1) is 11.3 Å². The summed E-state index contributed by atoms with van der Waals surface area (Å²) < 4.78 is 5.93. The number of hydrogen-bond donors (Lipinski definition) is 1. The highest BCUT2D eigenvalue weighted by molar-refractivity contribution is 7.09. The number of likely N-dealkylation sites (N-methyl/N-ethyl adjacent to an activating group) is 1. The molecule has 4 atom stereocenters. The minimum atomic E-state index is 0.502. The first-order valence-corrected chi connectivity index (χ1v) is 6.96. The molecule has 2 aliphatic heterocycles. The summed E-state index contributed by atoms with van der Waals surface area (Å²) in [6.45, 7) is 0. The number of hydrogen-bond acceptors (Lipinski definition) is 4. The van der Waals surface area contributed by atoms with Crippen LogP contribution in [0.5, 0.6) is 0 Å². The third-order valence-electron chi connectivity index (χ3n) is 3.92. The first-order chi connectivity index (χ1) is 7.86. The van der Waals surface area contributed by atoms with E-state index >= 15 is 0 Å². The molecule has 88 valence electrons. The second-order valence-electron chi connectivity index (χ2n) is 4.80. The Morgan fingerprint density at radius 3 is 3.12 bits per heavy atom. The van der Waals surface area contributed by atoms with Crippen LogP contribution in [0.2, 0.25) is 0 Å². The predicted octanol–water partition coefficient (Wildman–Crippen LogP) is 1.84. The molecular formula is C12H18N2OS. The van der Waals surface area contributed by atoms with Crippen LogP contribution in [0.25, 0.3) is 0 Å². The van der Waals surface area contributed by atoms with E-state index < -0.39 is 0 Å². The molecule has 2 aliphatic rings. The van der Waals surface area contributed by atoms with Gasteiger partial charge in [0.25, 0.3) is 0 Å². The highest BCUT2D eigenvalue weighted by Gasteiger charge is 2.43. The lowest BCUT2D eigenvalue weighted by Crippen LogP contribution is -2.40. The summed E-state index contributed by atoms with van der Waals surface area (Å²) in [5, 5.41) is 6.75. The van der Waals surface area contributed by atoms with E-state index in [4.69, 9.17) is 4.74 Å². The Labute approximate surface area is 100 Å². The third-order valence-corrected chi connectivity index (χ3v) is 4.72. The lowest BCUT2D eigenvalue weighted by atomic mass is 9.83.